The topological polar surface area (TPSA) is 38.0 Å². The highest BCUT2D eigenvalue weighted by Crippen LogP contribution is 1.79. The zero-order valence-electron chi connectivity index (χ0n) is 8.28. The molecular formula is C5H14N2. The average molecular weight is 107 g/mol. The summed E-state index contributed by atoms with van der Waals surface area (Å²) in [6.45, 7) is -2.26. The maximum atomic E-state index is 6.92. The molecule has 0 bridgehead atoms. The molecule has 1 atom stereocenters. The Bertz CT molecular complexity index is 101. The van der Waals surface area contributed by atoms with Gasteiger partial charge in [-0.3, -0.25) is 0 Å². The Morgan fingerprint density at radius 1 is 1.86 bits per heavy atom. The standard InChI is InChI=1S/C5H14N2/c1-7-5-3-2-4-6/h7H,2-6H2,1H3/i1+1D3,4D/t4-/m0/s1. The van der Waals surface area contributed by atoms with E-state index in [-0.39, 0.29) is 0 Å². The van der Waals surface area contributed by atoms with Gasteiger partial charge in [-0.1, -0.05) is 0 Å². The quantitative estimate of drug-likeness (QED) is 0.390. The first-order chi connectivity index (χ1) is 4.92. The van der Waals surface area contributed by atoms with Crippen molar-refractivity contribution in [3.05, 3.63) is 0 Å². The Morgan fingerprint density at radius 2 is 2.71 bits per heavy atom. The number of hydrogen-bond donors (Lipinski definition) is 2. The molecule has 0 amide bonds. The van der Waals surface area contributed by atoms with Crippen molar-refractivity contribution in [1.82, 2.24) is 5.32 Å². The van der Waals surface area contributed by atoms with Gasteiger partial charge < -0.3 is 11.1 Å². The Hall–Kier alpha value is -0.0800. The molecule has 0 aromatic rings. The predicted octanol–water partition coefficient (Wildman–Crippen LogP) is -0.0553. The van der Waals surface area contributed by atoms with Crippen LogP contribution in [0.4, 0.5) is 0 Å². The van der Waals surface area contributed by atoms with E-state index in [4.69, 9.17) is 11.2 Å². The van der Waals surface area contributed by atoms with Gasteiger partial charge in [0.25, 0.3) is 0 Å². The highest BCUT2D eigenvalue weighted by molar-refractivity contribution is 4.41. The maximum absolute atomic E-state index is 6.92. The molecule has 0 saturated carbocycles. The van der Waals surface area contributed by atoms with Gasteiger partial charge in [0.1, 0.15) is 0 Å². The second-order valence-corrected chi connectivity index (χ2v) is 1.30. The minimum Gasteiger partial charge on any atom is -0.330 e. The van der Waals surface area contributed by atoms with Gasteiger partial charge in [-0.2, -0.15) is 0 Å². The molecule has 0 aliphatic rings. The molecule has 0 spiro atoms. The van der Waals surface area contributed by atoms with E-state index < -0.39 is 13.5 Å². The molecule has 0 aliphatic heterocycles. The summed E-state index contributed by atoms with van der Waals surface area (Å²) in [5.74, 6) is 0. The molecule has 7 heavy (non-hydrogen) atoms. The molecule has 44 valence electrons. The van der Waals surface area contributed by atoms with Crippen molar-refractivity contribution in [2.45, 2.75) is 12.8 Å². The van der Waals surface area contributed by atoms with Crippen molar-refractivity contribution < 1.29 is 5.48 Å². The summed E-state index contributed by atoms with van der Waals surface area (Å²) in [7, 11) is 0. The molecule has 3 N–H and O–H groups in total. The molecule has 0 heterocycles. The molecule has 0 unspecified atom stereocenters. The minimum atomic E-state index is -2.06. The van der Waals surface area contributed by atoms with Crippen molar-refractivity contribution in [3.63, 3.8) is 0 Å². The molecule has 2 heteroatoms. The number of rotatable bonds is 4. The Labute approximate surface area is 50.7 Å². The molecule has 2 nitrogen and oxygen atoms in total. The fourth-order valence-corrected chi connectivity index (χ4v) is 0.308. The predicted molar refractivity (Wildman–Crippen MR) is 32.2 cm³/mol. The first kappa shape index (κ1) is 2.46. The molecule has 0 rings (SSSR count). The van der Waals surface area contributed by atoms with Gasteiger partial charge in [0.05, 0.1) is 0 Å². The highest BCUT2D eigenvalue weighted by Gasteiger charge is 1.78. The molecule has 0 saturated heterocycles. The summed E-state index contributed by atoms with van der Waals surface area (Å²) in [4.78, 5) is 0. The van der Waals surface area contributed by atoms with Gasteiger partial charge in [0, 0.05) is 5.48 Å². The SMILES string of the molecule is [2H][C@H](N)CCCN[13C]([2H])([2H])[2H]. The van der Waals surface area contributed by atoms with Gasteiger partial charge in [-0.05, 0) is 32.9 Å². The summed E-state index contributed by atoms with van der Waals surface area (Å²) in [5, 5.41) is 2.34. The van der Waals surface area contributed by atoms with Crippen LogP contribution >= 0.6 is 0 Å². The number of nitrogens with two attached hydrogens (primary N) is 1. The summed E-state index contributed by atoms with van der Waals surface area (Å²) >= 11 is 0. The van der Waals surface area contributed by atoms with Crippen LogP contribution in [-0.4, -0.2) is 20.0 Å². The molecule has 0 aromatic heterocycles. The van der Waals surface area contributed by atoms with E-state index in [9.17, 15) is 0 Å². The summed E-state index contributed by atoms with van der Waals surface area (Å²) in [5.41, 5.74) is 5.14. The third-order valence-corrected chi connectivity index (χ3v) is 0.673. The lowest BCUT2D eigenvalue weighted by atomic mass is 10.3. The van der Waals surface area contributed by atoms with Crippen LogP contribution in [0, 0.1) is 0 Å². The zero-order valence-corrected chi connectivity index (χ0v) is 4.28. The monoisotopic (exact) mass is 107 g/mol. The van der Waals surface area contributed by atoms with Crippen molar-refractivity contribution in [2.24, 2.45) is 5.73 Å². The van der Waals surface area contributed by atoms with E-state index in [0.29, 0.717) is 19.4 Å². The third kappa shape index (κ3) is 5.92. The van der Waals surface area contributed by atoms with Crippen molar-refractivity contribution >= 4 is 0 Å². The van der Waals surface area contributed by atoms with E-state index in [0.717, 1.165) is 0 Å². The lowest BCUT2D eigenvalue weighted by Gasteiger charge is -1.93. The van der Waals surface area contributed by atoms with Crippen LogP contribution in [0.2, 0.25) is 0 Å². The number of hydrogen-bond acceptors (Lipinski definition) is 2. The number of nitrogens with one attached hydrogen (secondary N) is 1. The summed E-state index contributed by atoms with van der Waals surface area (Å²) < 4.78 is 27.2. The fraction of sp³-hybridized carbons (Fsp3) is 1.00. The van der Waals surface area contributed by atoms with Gasteiger partial charge in [-0.15, -0.1) is 0 Å². The van der Waals surface area contributed by atoms with E-state index in [1.165, 1.54) is 0 Å². The highest BCUT2D eigenvalue weighted by atomic mass is 14.9. The van der Waals surface area contributed by atoms with Crippen LogP contribution in [0.25, 0.3) is 0 Å². The lowest BCUT2D eigenvalue weighted by molar-refractivity contribution is 0.684. The van der Waals surface area contributed by atoms with Crippen LogP contribution < -0.4 is 11.1 Å². The summed E-state index contributed by atoms with van der Waals surface area (Å²) in [6, 6.07) is 0. The van der Waals surface area contributed by atoms with Crippen LogP contribution in [0.3, 0.4) is 0 Å². The van der Waals surface area contributed by atoms with E-state index in [2.05, 4.69) is 5.32 Å². The largest absolute Gasteiger partial charge is 0.330 e. The van der Waals surface area contributed by atoms with E-state index in [1.54, 1.807) is 0 Å². The Kier molecular flexibility index (Phi) is 2.08. The van der Waals surface area contributed by atoms with Crippen molar-refractivity contribution in [2.75, 3.05) is 20.0 Å². The molecule has 0 aliphatic carbocycles. The third-order valence-electron chi connectivity index (χ3n) is 0.673. The van der Waals surface area contributed by atoms with Crippen LogP contribution in [0.15, 0.2) is 0 Å². The average Bonchev–Trinajstić information content (AvgIpc) is 1.78. The molecular weight excluding hydrogens is 89.1 g/mol. The van der Waals surface area contributed by atoms with Crippen LogP contribution in [0.1, 0.15) is 18.3 Å². The second-order valence-electron chi connectivity index (χ2n) is 1.30. The molecule has 0 fully saturated rings. The minimum absolute atomic E-state index is 0.392. The summed E-state index contributed by atoms with van der Waals surface area (Å²) in [6.07, 6.45) is 1.16. The van der Waals surface area contributed by atoms with Crippen molar-refractivity contribution in [3.8, 4) is 0 Å². The smallest absolute Gasteiger partial charge is 0.0425 e. The van der Waals surface area contributed by atoms with Crippen LogP contribution in [0.5, 0.6) is 0 Å². The van der Waals surface area contributed by atoms with Gasteiger partial charge >= 0.3 is 0 Å². The van der Waals surface area contributed by atoms with E-state index >= 15 is 0 Å². The fourth-order valence-electron chi connectivity index (χ4n) is 0.308. The van der Waals surface area contributed by atoms with Gasteiger partial charge in [0.2, 0.25) is 0 Å². The Balaban J connectivity index is 3.15. The first-order valence-corrected chi connectivity index (χ1v) is 2.35. The second kappa shape index (κ2) is 5.92. The molecule has 0 aromatic carbocycles. The van der Waals surface area contributed by atoms with Gasteiger partial charge in [-0.25, -0.2) is 0 Å². The normalized spacial score (nSPS) is 24.1. The Morgan fingerprint density at radius 3 is 3.29 bits per heavy atom. The van der Waals surface area contributed by atoms with Crippen molar-refractivity contribution in [1.29, 1.82) is 0 Å². The lowest BCUT2D eigenvalue weighted by Crippen LogP contribution is -2.09. The van der Waals surface area contributed by atoms with E-state index in [1.807, 2.05) is 0 Å². The van der Waals surface area contributed by atoms with Gasteiger partial charge in [0.15, 0.2) is 0 Å². The molecule has 0 radical (unpaired) electrons. The van der Waals surface area contributed by atoms with Crippen LogP contribution in [-0.2, 0) is 0 Å². The maximum Gasteiger partial charge on any atom is 0.0425 e. The zero-order chi connectivity index (χ0) is 8.91. The first-order valence-electron chi connectivity index (χ1n) is 4.42.